The second kappa shape index (κ2) is 5.75. The molecule has 1 aromatic heterocycles. The van der Waals surface area contributed by atoms with Gasteiger partial charge in [-0.3, -0.25) is 10.1 Å². The van der Waals surface area contributed by atoms with E-state index < -0.39 is 14.9 Å². The number of rotatable bonds is 4. The number of nitro groups is 1. The largest absolute Gasteiger partial charge is 0.270 e. The molecule has 116 valence electrons. The van der Waals surface area contributed by atoms with Crippen molar-refractivity contribution in [2.75, 3.05) is 6.54 Å². The van der Waals surface area contributed by atoms with Crippen LogP contribution in [0.1, 0.15) is 23.9 Å². The molecule has 7 nitrogen and oxygen atoms in total. The van der Waals surface area contributed by atoms with Gasteiger partial charge in [0.2, 0.25) is 10.0 Å². The summed E-state index contributed by atoms with van der Waals surface area (Å²) >= 11 is 1.42. The van der Waals surface area contributed by atoms with Gasteiger partial charge in [-0.1, -0.05) is 6.07 Å². The molecule has 0 bridgehead atoms. The number of hydrogen-bond acceptors (Lipinski definition) is 6. The fraction of sp³-hybridized carbons (Fsp3) is 0.308. The van der Waals surface area contributed by atoms with Crippen LogP contribution in [-0.2, 0) is 10.0 Å². The lowest BCUT2D eigenvalue weighted by molar-refractivity contribution is -0.385. The molecule has 0 spiro atoms. The maximum absolute atomic E-state index is 12.8. The Hall–Kier alpha value is -1.84. The van der Waals surface area contributed by atoms with Crippen LogP contribution in [0.5, 0.6) is 0 Å². The first-order valence-electron chi connectivity index (χ1n) is 6.66. The first-order valence-corrected chi connectivity index (χ1v) is 8.98. The van der Waals surface area contributed by atoms with Crippen molar-refractivity contribution in [3.05, 3.63) is 51.0 Å². The molecule has 0 saturated carbocycles. The molecule has 0 radical (unpaired) electrons. The van der Waals surface area contributed by atoms with Crippen LogP contribution in [-0.4, -0.2) is 29.2 Å². The summed E-state index contributed by atoms with van der Waals surface area (Å²) in [5.41, 5.74) is -0.230. The number of thiazole rings is 1. The fourth-order valence-electron chi connectivity index (χ4n) is 2.57. The molecular weight excluding hydrogens is 326 g/mol. The minimum absolute atomic E-state index is 0.0508. The van der Waals surface area contributed by atoms with Gasteiger partial charge in [0.25, 0.3) is 5.69 Å². The van der Waals surface area contributed by atoms with Crippen LogP contribution in [0.25, 0.3) is 0 Å². The zero-order chi connectivity index (χ0) is 15.7. The number of nitrogens with zero attached hydrogens (tertiary/aromatic N) is 3. The smallest absolute Gasteiger partial charge is 0.258 e. The Morgan fingerprint density at radius 1 is 1.41 bits per heavy atom. The molecule has 1 atom stereocenters. The van der Waals surface area contributed by atoms with Gasteiger partial charge >= 0.3 is 0 Å². The minimum atomic E-state index is -3.77. The van der Waals surface area contributed by atoms with Crippen LogP contribution >= 0.6 is 11.3 Å². The van der Waals surface area contributed by atoms with E-state index in [1.807, 2.05) is 5.38 Å². The lowest BCUT2D eigenvalue weighted by Crippen LogP contribution is -2.30. The van der Waals surface area contributed by atoms with Crippen LogP contribution < -0.4 is 0 Å². The molecule has 2 aromatic rings. The third kappa shape index (κ3) is 2.62. The van der Waals surface area contributed by atoms with Crippen LogP contribution in [0.2, 0.25) is 0 Å². The number of benzene rings is 1. The third-order valence-corrected chi connectivity index (χ3v) is 6.36. The quantitative estimate of drug-likeness (QED) is 0.630. The lowest BCUT2D eigenvalue weighted by atomic mass is 10.2. The Bertz CT molecular complexity index is 789. The van der Waals surface area contributed by atoms with Crippen molar-refractivity contribution in [3.8, 4) is 0 Å². The van der Waals surface area contributed by atoms with Crippen molar-refractivity contribution in [1.82, 2.24) is 9.29 Å². The summed E-state index contributed by atoms with van der Waals surface area (Å²) < 4.78 is 27.0. The Kier molecular flexibility index (Phi) is 3.94. The van der Waals surface area contributed by atoms with Crippen molar-refractivity contribution < 1.29 is 13.3 Å². The van der Waals surface area contributed by atoms with Crippen LogP contribution in [0.15, 0.2) is 40.7 Å². The molecule has 1 aliphatic rings. The lowest BCUT2D eigenvalue weighted by Gasteiger charge is -2.22. The van der Waals surface area contributed by atoms with Gasteiger partial charge < -0.3 is 0 Å². The molecule has 0 amide bonds. The summed E-state index contributed by atoms with van der Waals surface area (Å²) in [6, 6.07) is 4.87. The van der Waals surface area contributed by atoms with Gasteiger partial charge in [-0.25, -0.2) is 13.4 Å². The predicted octanol–water partition coefficient (Wildman–Crippen LogP) is 2.58. The highest BCUT2D eigenvalue weighted by atomic mass is 32.2. The van der Waals surface area contributed by atoms with Gasteiger partial charge in [-0.15, -0.1) is 11.3 Å². The SMILES string of the molecule is O=[N+]([O-])c1cccc(S(=O)(=O)N2CCCC2c2nccs2)c1. The van der Waals surface area contributed by atoms with Gasteiger partial charge in [0, 0.05) is 30.3 Å². The number of aromatic nitrogens is 1. The summed E-state index contributed by atoms with van der Waals surface area (Å²) in [5, 5.41) is 13.4. The Morgan fingerprint density at radius 3 is 2.91 bits per heavy atom. The van der Waals surface area contributed by atoms with Gasteiger partial charge in [-0.2, -0.15) is 4.31 Å². The number of sulfonamides is 1. The van der Waals surface area contributed by atoms with Gasteiger partial charge in [0.05, 0.1) is 15.9 Å². The molecule has 0 aliphatic carbocycles. The van der Waals surface area contributed by atoms with E-state index >= 15 is 0 Å². The first-order chi connectivity index (χ1) is 10.5. The molecule has 3 rings (SSSR count). The van der Waals surface area contributed by atoms with E-state index in [4.69, 9.17) is 0 Å². The number of hydrogen-bond donors (Lipinski definition) is 0. The molecule has 1 aromatic carbocycles. The molecule has 1 saturated heterocycles. The molecule has 2 heterocycles. The normalized spacial score (nSPS) is 19.4. The average molecular weight is 339 g/mol. The van der Waals surface area contributed by atoms with E-state index in [0.717, 1.165) is 17.5 Å². The number of nitro benzene ring substituents is 1. The average Bonchev–Trinajstić information content (AvgIpc) is 3.18. The summed E-state index contributed by atoms with van der Waals surface area (Å²) in [6.07, 6.45) is 3.11. The highest BCUT2D eigenvalue weighted by molar-refractivity contribution is 7.89. The van der Waals surface area contributed by atoms with Crippen LogP contribution in [0, 0.1) is 10.1 Å². The van der Waals surface area contributed by atoms with Crippen LogP contribution in [0.4, 0.5) is 5.69 Å². The summed E-state index contributed by atoms with van der Waals surface area (Å²) in [4.78, 5) is 14.4. The monoisotopic (exact) mass is 339 g/mol. The third-order valence-electron chi connectivity index (χ3n) is 3.58. The molecule has 1 unspecified atom stereocenters. The molecule has 0 N–H and O–H groups in total. The molecule has 9 heteroatoms. The Balaban J connectivity index is 1.99. The second-order valence-electron chi connectivity index (χ2n) is 4.90. The zero-order valence-corrected chi connectivity index (χ0v) is 13.1. The first kappa shape index (κ1) is 15.1. The van der Waals surface area contributed by atoms with Gasteiger partial charge in [0.15, 0.2) is 0 Å². The van der Waals surface area contributed by atoms with E-state index in [-0.39, 0.29) is 16.6 Å². The van der Waals surface area contributed by atoms with Gasteiger partial charge in [-0.05, 0) is 18.9 Å². The molecular formula is C13H13N3O4S2. The minimum Gasteiger partial charge on any atom is -0.258 e. The molecule has 1 fully saturated rings. The maximum atomic E-state index is 12.8. The van der Waals surface area contributed by atoms with Crippen LogP contribution in [0.3, 0.4) is 0 Å². The Morgan fingerprint density at radius 2 is 2.23 bits per heavy atom. The van der Waals surface area contributed by atoms with E-state index in [9.17, 15) is 18.5 Å². The van der Waals surface area contributed by atoms with E-state index in [0.29, 0.717) is 13.0 Å². The zero-order valence-electron chi connectivity index (χ0n) is 11.5. The van der Waals surface area contributed by atoms with E-state index in [2.05, 4.69) is 4.98 Å². The Labute approximate surface area is 131 Å². The maximum Gasteiger partial charge on any atom is 0.270 e. The topological polar surface area (TPSA) is 93.4 Å². The van der Waals surface area contributed by atoms with Gasteiger partial charge in [0.1, 0.15) is 5.01 Å². The van der Waals surface area contributed by atoms with E-state index in [1.165, 1.54) is 33.8 Å². The summed E-state index contributed by atoms with van der Waals surface area (Å²) in [5.74, 6) is 0. The predicted molar refractivity (Wildman–Crippen MR) is 81.1 cm³/mol. The van der Waals surface area contributed by atoms with Crippen molar-refractivity contribution in [2.24, 2.45) is 0 Å². The highest BCUT2D eigenvalue weighted by Crippen LogP contribution is 2.37. The second-order valence-corrected chi connectivity index (χ2v) is 7.72. The molecule has 22 heavy (non-hydrogen) atoms. The highest BCUT2D eigenvalue weighted by Gasteiger charge is 2.37. The summed E-state index contributed by atoms with van der Waals surface area (Å²) in [7, 11) is -3.77. The van der Waals surface area contributed by atoms with Crippen molar-refractivity contribution in [3.63, 3.8) is 0 Å². The standard InChI is InChI=1S/C13H13N3O4S2/c17-16(18)10-3-1-4-11(9-10)22(19,20)15-7-2-5-12(15)13-14-6-8-21-13/h1,3-4,6,8-9,12H,2,5,7H2. The van der Waals surface area contributed by atoms with Crippen molar-refractivity contribution in [2.45, 2.75) is 23.8 Å². The summed E-state index contributed by atoms with van der Waals surface area (Å²) in [6.45, 7) is 0.398. The number of non-ortho nitro benzene ring substituents is 1. The van der Waals surface area contributed by atoms with Crippen molar-refractivity contribution >= 4 is 27.0 Å². The molecule has 1 aliphatic heterocycles. The van der Waals surface area contributed by atoms with E-state index in [1.54, 1.807) is 6.20 Å². The van der Waals surface area contributed by atoms with Crippen molar-refractivity contribution in [1.29, 1.82) is 0 Å². The fourth-order valence-corrected chi connectivity index (χ4v) is 5.12.